The van der Waals surface area contributed by atoms with Crippen molar-refractivity contribution in [2.75, 3.05) is 38.1 Å². The molecule has 1 amide bonds. The number of piperazine rings is 1. The summed E-state index contributed by atoms with van der Waals surface area (Å²) in [4.78, 5) is 21.3. The predicted octanol–water partition coefficient (Wildman–Crippen LogP) is 1.76. The molecule has 128 valence electrons. The number of nitrogens with zero attached hydrogens (tertiary/aromatic N) is 4. The minimum absolute atomic E-state index is 0.146. The van der Waals surface area contributed by atoms with E-state index in [2.05, 4.69) is 27.1 Å². The second kappa shape index (κ2) is 7.23. The van der Waals surface area contributed by atoms with Crippen molar-refractivity contribution in [2.24, 2.45) is 7.05 Å². The van der Waals surface area contributed by atoms with E-state index in [1.807, 2.05) is 18.3 Å². The van der Waals surface area contributed by atoms with E-state index in [0.717, 1.165) is 37.6 Å². The molecule has 2 aromatic heterocycles. The number of carbonyl (C=O) groups excluding carboxylic acids is 1. The van der Waals surface area contributed by atoms with Gasteiger partial charge in [0.25, 0.3) is 5.91 Å². The fraction of sp³-hybridized carbons (Fsp3) is 0.412. The Hall–Kier alpha value is -2.05. The van der Waals surface area contributed by atoms with Gasteiger partial charge in [-0.1, -0.05) is 17.7 Å². The average Bonchev–Trinajstić information content (AvgIpc) is 2.92. The third-order valence-electron chi connectivity index (χ3n) is 4.29. The van der Waals surface area contributed by atoms with Gasteiger partial charge in [-0.2, -0.15) is 0 Å². The van der Waals surface area contributed by atoms with E-state index in [9.17, 15) is 4.79 Å². The first kappa shape index (κ1) is 16.8. The largest absolute Gasteiger partial charge is 0.354 e. The molecule has 0 aromatic carbocycles. The number of amides is 1. The Morgan fingerprint density at radius 3 is 2.58 bits per heavy atom. The maximum absolute atomic E-state index is 12.2. The molecule has 1 aliphatic heterocycles. The Balaban J connectivity index is 1.56. The topological polar surface area (TPSA) is 53.4 Å². The van der Waals surface area contributed by atoms with Crippen molar-refractivity contribution in [3.63, 3.8) is 0 Å². The van der Waals surface area contributed by atoms with Crippen LogP contribution in [-0.4, -0.2) is 53.6 Å². The molecule has 0 spiro atoms. The van der Waals surface area contributed by atoms with Gasteiger partial charge in [0, 0.05) is 52.2 Å². The van der Waals surface area contributed by atoms with Gasteiger partial charge in [0.05, 0.1) is 5.02 Å². The summed E-state index contributed by atoms with van der Waals surface area (Å²) in [6.07, 6.45) is 3.54. The lowest BCUT2D eigenvalue weighted by atomic mass is 10.2. The van der Waals surface area contributed by atoms with E-state index in [-0.39, 0.29) is 5.91 Å². The normalized spacial score (nSPS) is 15.5. The van der Waals surface area contributed by atoms with Crippen molar-refractivity contribution in [3.05, 3.63) is 46.9 Å². The third kappa shape index (κ3) is 3.88. The van der Waals surface area contributed by atoms with Crippen molar-refractivity contribution in [3.8, 4) is 0 Å². The smallest absolute Gasteiger partial charge is 0.268 e. The minimum atomic E-state index is -0.146. The number of hydrogen-bond acceptors (Lipinski definition) is 4. The van der Waals surface area contributed by atoms with Crippen LogP contribution in [0.15, 0.2) is 30.6 Å². The van der Waals surface area contributed by atoms with Crippen LogP contribution in [-0.2, 0) is 13.6 Å². The van der Waals surface area contributed by atoms with Gasteiger partial charge in [0.15, 0.2) is 0 Å². The first-order valence-corrected chi connectivity index (χ1v) is 8.39. The quantitative estimate of drug-likeness (QED) is 0.915. The minimum Gasteiger partial charge on any atom is -0.354 e. The lowest BCUT2D eigenvalue weighted by molar-refractivity contribution is 0.0943. The summed E-state index contributed by atoms with van der Waals surface area (Å²) in [6, 6.07) is 5.69. The van der Waals surface area contributed by atoms with Gasteiger partial charge in [0.2, 0.25) is 0 Å². The van der Waals surface area contributed by atoms with Gasteiger partial charge in [0.1, 0.15) is 11.5 Å². The van der Waals surface area contributed by atoms with E-state index in [1.54, 1.807) is 23.9 Å². The Kier molecular flexibility index (Phi) is 5.06. The Morgan fingerprint density at radius 2 is 2.00 bits per heavy atom. The number of aromatic nitrogens is 2. The van der Waals surface area contributed by atoms with Crippen LogP contribution >= 0.6 is 11.6 Å². The molecule has 1 fully saturated rings. The molecular formula is C17H22ClN5O. The fourth-order valence-electron chi connectivity index (χ4n) is 2.77. The Labute approximate surface area is 147 Å². The zero-order valence-electron chi connectivity index (χ0n) is 14.0. The molecule has 1 aliphatic rings. The highest BCUT2D eigenvalue weighted by Gasteiger charge is 2.15. The van der Waals surface area contributed by atoms with E-state index < -0.39 is 0 Å². The van der Waals surface area contributed by atoms with Crippen LogP contribution in [0.25, 0.3) is 0 Å². The van der Waals surface area contributed by atoms with Crippen LogP contribution in [0.3, 0.4) is 0 Å². The number of likely N-dealkylation sites (N-methyl/N-ethyl adjacent to an activating group) is 1. The number of pyridine rings is 1. The maximum Gasteiger partial charge on any atom is 0.268 e. The third-order valence-corrected chi connectivity index (χ3v) is 4.50. The summed E-state index contributed by atoms with van der Waals surface area (Å²) in [5.41, 5.74) is 1.52. The monoisotopic (exact) mass is 347 g/mol. The lowest BCUT2D eigenvalue weighted by Crippen LogP contribution is -2.44. The molecular weight excluding hydrogens is 326 g/mol. The van der Waals surface area contributed by atoms with Crippen molar-refractivity contribution in [1.29, 1.82) is 0 Å². The second-order valence-corrected chi connectivity index (χ2v) is 6.59. The van der Waals surface area contributed by atoms with Crippen molar-refractivity contribution >= 4 is 23.3 Å². The predicted molar refractivity (Wildman–Crippen MR) is 95.5 cm³/mol. The molecule has 0 aliphatic carbocycles. The number of nitrogens with one attached hydrogen (secondary N) is 1. The molecule has 0 bridgehead atoms. The zero-order chi connectivity index (χ0) is 17.1. The highest BCUT2D eigenvalue weighted by atomic mass is 35.5. The highest BCUT2D eigenvalue weighted by Crippen LogP contribution is 2.15. The van der Waals surface area contributed by atoms with Crippen LogP contribution < -0.4 is 10.2 Å². The molecule has 3 rings (SSSR count). The lowest BCUT2D eigenvalue weighted by Gasteiger charge is -2.33. The number of carbonyl (C=O) groups is 1. The van der Waals surface area contributed by atoms with Gasteiger partial charge in [-0.25, -0.2) is 4.98 Å². The Morgan fingerprint density at radius 1 is 1.25 bits per heavy atom. The molecule has 0 unspecified atom stereocenters. The summed E-state index contributed by atoms with van der Waals surface area (Å²) in [7, 11) is 3.93. The Bertz CT molecular complexity index is 704. The molecule has 0 atom stereocenters. The summed E-state index contributed by atoms with van der Waals surface area (Å²) in [5, 5.41) is 3.45. The number of aryl methyl sites for hydroxylation is 1. The van der Waals surface area contributed by atoms with Gasteiger partial charge in [-0.3, -0.25) is 4.79 Å². The van der Waals surface area contributed by atoms with E-state index in [0.29, 0.717) is 17.3 Å². The van der Waals surface area contributed by atoms with Crippen molar-refractivity contribution in [1.82, 2.24) is 19.8 Å². The van der Waals surface area contributed by atoms with E-state index in [4.69, 9.17) is 11.6 Å². The fourth-order valence-corrected chi connectivity index (χ4v) is 3.02. The molecule has 0 saturated carbocycles. The number of halogens is 1. The van der Waals surface area contributed by atoms with E-state index in [1.165, 1.54) is 0 Å². The van der Waals surface area contributed by atoms with Crippen LogP contribution in [0.4, 0.5) is 5.82 Å². The molecule has 24 heavy (non-hydrogen) atoms. The molecule has 3 heterocycles. The molecule has 2 aromatic rings. The standard InChI is InChI=1S/C17H22ClN5O/c1-21-5-7-23(8-6-21)16-4-3-13(10-19-16)11-20-17(24)15-9-14(18)12-22(15)2/h3-4,9-10,12H,5-8,11H2,1-2H3,(H,20,24). The number of rotatable bonds is 4. The molecule has 7 heteroatoms. The highest BCUT2D eigenvalue weighted by molar-refractivity contribution is 6.31. The van der Waals surface area contributed by atoms with Crippen LogP contribution in [0.2, 0.25) is 5.02 Å². The van der Waals surface area contributed by atoms with Crippen molar-refractivity contribution in [2.45, 2.75) is 6.54 Å². The van der Waals surface area contributed by atoms with E-state index >= 15 is 0 Å². The SMILES string of the molecule is CN1CCN(c2ccc(CNC(=O)c3cc(Cl)cn3C)cn2)CC1. The van der Waals surface area contributed by atoms with Crippen LogP contribution in [0, 0.1) is 0 Å². The number of anilines is 1. The van der Waals surface area contributed by atoms with Gasteiger partial charge >= 0.3 is 0 Å². The first-order chi connectivity index (χ1) is 11.5. The summed E-state index contributed by atoms with van der Waals surface area (Å²) in [5.74, 6) is 0.847. The maximum atomic E-state index is 12.2. The van der Waals surface area contributed by atoms with Crippen molar-refractivity contribution < 1.29 is 4.79 Å². The molecule has 6 nitrogen and oxygen atoms in total. The van der Waals surface area contributed by atoms with Gasteiger partial charge < -0.3 is 19.7 Å². The second-order valence-electron chi connectivity index (χ2n) is 6.15. The van der Waals surface area contributed by atoms with Gasteiger partial charge in [-0.15, -0.1) is 0 Å². The van der Waals surface area contributed by atoms with Gasteiger partial charge in [-0.05, 0) is 24.7 Å². The average molecular weight is 348 g/mol. The molecule has 1 saturated heterocycles. The molecule has 0 radical (unpaired) electrons. The number of hydrogen-bond donors (Lipinski definition) is 1. The zero-order valence-corrected chi connectivity index (χ0v) is 14.8. The summed E-state index contributed by atoms with van der Waals surface area (Å²) in [6.45, 7) is 4.54. The van der Waals surface area contributed by atoms with Crippen LogP contribution in [0.1, 0.15) is 16.1 Å². The van der Waals surface area contributed by atoms with Crippen LogP contribution in [0.5, 0.6) is 0 Å². The summed E-state index contributed by atoms with van der Waals surface area (Å²) >= 11 is 5.91. The summed E-state index contributed by atoms with van der Waals surface area (Å²) < 4.78 is 1.71. The molecule has 1 N–H and O–H groups in total. The first-order valence-electron chi connectivity index (χ1n) is 8.01.